The maximum Gasteiger partial charge on any atom is 0.317 e. The molecule has 2 amide bonds. The van der Waals surface area contributed by atoms with E-state index in [1.807, 2.05) is 19.1 Å². The Kier molecular flexibility index (Phi) is 6.81. The lowest BCUT2D eigenvalue weighted by Crippen LogP contribution is -2.40. The number of hydrogen-bond donors (Lipinski definition) is 1. The highest BCUT2D eigenvalue weighted by Gasteiger charge is 2.09. The van der Waals surface area contributed by atoms with Gasteiger partial charge in [0.05, 0.1) is 6.54 Å². The van der Waals surface area contributed by atoms with E-state index in [2.05, 4.69) is 36.3 Å². The number of pyridine rings is 1. The zero-order valence-corrected chi connectivity index (χ0v) is 15.5. The van der Waals surface area contributed by atoms with Crippen LogP contribution in [-0.4, -0.2) is 42.7 Å². The normalized spacial score (nSPS) is 10.4. The molecule has 0 radical (unpaired) electrons. The summed E-state index contributed by atoms with van der Waals surface area (Å²) < 4.78 is 5.87. The van der Waals surface area contributed by atoms with Gasteiger partial charge in [-0.3, -0.25) is 4.98 Å². The van der Waals surface area contributed by atoms with Gasteiger partial charge in [-0.25, -0.2) is 4.79 Å². The molecule has 0 unspecified atom stereocenters. The molecule has 0 aliphatic rings. The first-order valence-corrected chi connectivity index (χ1v) is 8.56. The number of ether oxygens (including phenoxy) is 1. The van der Waals surface area contributed by atoms with Crippen molar-refractivity contribution in [2.45, 2.75) is 27.2 Å². The molecule has 25 heavy (non-hydrogen) atoms. The van der Waals surface area contributed by atoms with E-state index in [1.165, 1.54) is 11.1 Å². The maximum absolute atomic E-state index is 12.1. The Morgan fingerprint density at radius 3 is 2.52 bits per heavy atom. The predicted molar refractivity (Wildman–Crippen MR) is 100 cm³/mol. The molecule has 1 N–H and O–H groups in total. The van der Waals surface area contributed by atoms with Gasteiger partial charge in [0.15, 0.2) is 0 Å². The Morgan fingerprint density at radius 2 is 1.80 bits per heavy atom. The second-order valence-electron chi connectivity index (χ2n) is 6.26. The number of benzene rings is 1. The molecule has 1 heterocycles. The van der Waals surface area contributed by atoms with Crippen LogP contribution < -0.4 is 10.1 Å². The number of carbonyl (C=O) groups excluding carboxylic acids is 1. The lowest BCUT2D eigenvalue weighted by molar-refractivity contribution is 0.205. The molecule has 0 saturated carbocycles. The second-order valence-corrected chi connectivity index (χ2v) is 6.26. The van der Waals surface area contributed by atoms with Crippen LogP contribution in [0.2, 0.25) is 0 Å². The summed E-state index contributed by atoms with van der Waals surface area (Å²) in [6.45, 7) is 7.75. The van der Waals surface area contributed by atoms with Gasteiger partial charge < -0.3 is 15.0 Å². The molecule has 0 aliphatic carbocycles. The Bertz CT molecular complexity index is 702. The largest absolute Gasteiger partial charge is 0.491 e. The molecule has 0 atom stereocenters. The van der Waals surface area contributed by atoms with Crippen LogP contribution >= 0.6 is 0 Å². The molecule has 5 heteroatoms. The van der Waals surface area contributed by atoms with E-state index in [9.17, 15) is 4.79 Å². The summed E-state index contributed by atoms with van der Waals surface area (Å²) in [5.41, 5.74) is 4.65. The van der Waals surface area contributed by atoms with Gasteiger partial charge >= 0.3 is 6.03 Å². The Morgan fingerprint density at radius 1 is 1.12 bits per heavy atom. The third-order valence-electron chi connectivity index (χ3n) is 4.33. The van der Waals surface area contributed by atoms with Gasteiger partial charge in [-0.15, -0.1) is 0 Å². The molecule has 0 spiro atoms. The van der Waals surface area contributed by atoms with Gasteiger partial charge in [-0.05, 0) is 61.6 Å². The van der Waals surface area contributed by atoms with Crippen molar-refractivity contribution in [3.8, 4) is 5.75 Å². The number of nitrogens with zero attached hydrogens (tertiary/aromatic N) is 2. The molecule has 0 saturated heterocycles. The Balaban J connectivity index is 1.72. The number of amides is 2. The smallest absolute Gasteiger partial charge is 0.317 e. The number of likely N-dealkylation sites (N-methyl/N-ethyl adjacent to an activating group) is 1. The zero-order chi connectivity index (χ0) is 18.2. The SMILES string of the molecule is Cc1ccc(C)c(OCCNC(=O)N(C)CCc2ccncc2)c1C. The van der Waals surface area contributed by atoms with Gasteiger partial charge in [-0.2, -0.15) is 0 Å². The minimum atomic E-state index is -0.0876. The first-order valence-electron chi connectivity index (χ1n) is 8.56. The van der Waals surface area contributed by atoms with Gasteiger partial charge in [0.2, 0.25) is 0 Å². The van der Waals surface area contributed by atoms with Crippen LogP contribution in [0.5, 0.6) is 5.75 Å². The maximum atomic E-state index is 12.1. The Hall–Kier alpha value is -2.56. The quantitative estimate of drug-likeness (QED) is 0.787. The molecule has 0 bridgehead atoms. The molecule has 2 aromatic rings. The minimum Gasteiger partial charge on any atom is -0.491 e. The summed E-state index contributed by atoms with van der Waals surface area (Å²) in [6, 6.07) is 7.99. The lowest BCUT2D eigenvalue weighted by atomic mass is 10.1. The number of rotatable bonds is 7. The average molecular weight is 341 g/mol. The summed E-state index contributed by atoms with van der Waals surface area (Å²) >= 11 is 0. The van der Waals surface area contributed by atoms with Crippen LogP contribution in [-0.2, 0) is 6.42 Å². The average Bonchev–Trinajstić information content (AvgIpc) is 2.63. The fraction of sp³-hybridized carbons (Fsp3) is 0.400. The van der Waals surface area contributed by atoms with Crippen molar-refractivity contribution in [2.24, 2.45) is 0 Å². The van der Waals surface area contributed by atoms with E-state index in [0.717, 1.165) is 23.3 Å². The van der Waals surface area contributed by atoms with Gasteiger partial charge in [0, 0.05) is 26.0 Å². The van der Waals surface area contributed by atoms with Crippen molar-refractivity contribution < 1.29 is 9.53 Å². The highest BCUT2D eigenvalue weighted by molar-refractivity contribution is 5.73. The van der Waals surface area contributed by atoms with E-state index < -0.39 is 0 Å². The van der Waals surface area contributed by atoms with Crippen molar-refractivity contribution in [1.82, 2.24) is 15.2 Å². The molecule has 0 aliphatic heterocycles. The number of carbonyl (C=O) groups is 1. The van der Waals surface area contributed by atoms with Gasteiger partial charge in [0.1, 0.15) is 12.4 Å². The van der Waals surface area contributed by atoms with Gasteiger partial charge in [0.25, 0.3) is 0 Å². The number of aromatic nitrogens is 1. The number of aryl methyl sites for hydroxylation is 2. The molecular formula is C20H27N3O2. The molecule has 134 valence electrons. The standard InChI is InChI=1S/C20H27N3O2/c1-15-5-6-16(2)19(17(15)3)25-14-12-22-20(24)23(4)13-9-18-7-10-21-11-8-18/h5-8,10-11H,9,12-14H2,1-4H3,(H,22,24). The third kappa shape index (κ3) is 5.48. The Labute approximate surface area is 150 Å². The van der Waals surface area contributed by atoms with Crippen LogP contribution in [0.3, 0.4) is 0 Å². The molecule has 5 nitrogen and oxygen atoms in total. The first kappa shape index (κ1) is 18.8. The summed E-state index contributed by atoms with van der Waals surface area (Å²) in [7, 11) is 1.80. The van der Waals surface area contributed by atoms with Crippen molar-refractivity contribution >= 4 is 6.03 Å². The van der Waals surface area contributed by atoms with Crippen LogP contribution in [0, 0.1) is 20.8 Å². The summed E-state index contributed by atoms with van der Waals surface area (Å²) in [5, 5.41) is 2.89. The van der Waals surface area contributed by atoms with Crippen molar-refractivity contribution in [2.75, 3.05) is 26.7 Å². The van der Waals surface area contributed by atoms with Gasteiger partial charge in [-0.1, -0.05) is 12.1 Å². The zero-order valence-electron chi connectivity index (χ0n) is 15.5. The van der Waals surface area contributed by atoms with E-state index in [-0.39, 0.29) is 6.03 Å². The monoisotopic (exact) mass is 341 g/mol. The van der Waals surface area contributed by atoms with E-state index >= 15 is 0 Å². The van der Waals surface area contributed by atoms with E-state index in [0.29, 0.717) is 19.7 Å². The molecule has 0 fully saturated rings. The second kappa shape index (κ2) is 9.06. The topological polar surface area (TPSA) is 54.5 Å². The van der Waals surface area contributed by atoms with Crippen molar-refractivity contribution in [3.05, 3.63) is 58.9 Å². The molecule has 1 aromatic heterocycles. The number of urea groups is 1. The van der Waals surface area contributed by atoms with Crippen molar-refractivity contribution in [1.29, 1.82) is 0 Å². The number of nitrogens with one attached hydrogen (secondary N) is 1. The van der Waals surface area contributed by atoms with E-state index in [1.54, 1.807) is 24.3 Å². The van der Waals surface area contributed by atoms with Crippen molar-refractivity contribution in [3.63, 3.8) is 0 Å². The number of hydrogen-bond acceptors (Lipinski definition) is 3. The van der Waals surface area contributed by atoms with Crippen LogP contribution in [0.1, 0.15) is 22.3 Å². The predicted octanol–water partition coefficient (Wildman–Crippen LogP) is 3.27. The minimum absolute atomic E-state index is 0.0876. The van der Waals surface area contributed by atoms with Crippen LogP contribution in [0.25, 0.3) is 0 Å². The highest BCUT2D eigenvalue weighted by atomic mass is 16.5. The van der Waals surface area contributed by atoms with Crippen LogP contribution in [0.4, 0.5) is 4.79 Å². The highest BCUT2D eigenvalue weighted by Crippen LogP contribution is 2.25. The summed E-state index contributed by atoms with van der Waals surface area (Å²) in [6.07, 6.45) is 4.34. The summed E-state index contributed by atoms with van der Waals surface area (Å²) in [4.78, 5) is 17.8. The fourth-order valence-corrected chi connectivity index (χ4v) is 2.54. The molecule has 2 rings (SSSR count). The van der Waals surface area contributed by atoms with Crippen LogP contribution in [0.15, 0.2) is 36.7 Å². The fourth-order valence-electron chi connectivity index (χ4n) is 2.54. The lowest BCUT2D eigenvalue weighted by Gasteiger charge is -2.19. The van der Waals surface area contributed by atoms with E-state index in [4.69, 9.17) is 4.74 Å². The molecule has 1 aromatic carbocycles. The third-order valence-corrected chi connectivity index (χ3v) is 4.33. The summed E-state index contributed by atoms with van der Waals surface area (Å²) in [5.74, 6) is 0.917. The first-order chi connectivity index (χ1) is 12.0. The molecular weight excluding hydrogens is 314 g/mol.